The lowest BCUT2D eigenvalue weighted by Gasteiger charge is -2.27. The van der Waals surface area contributed by atoms with Crippen molar-refractivity contribution in [2.24, 2.45) is 5.10 Å². The van der Waals surface area contributed by atoms with Crippen LogP contribution in [0.4, 0.5) is 5.69 Å². The van der Waals surface area contributed by atoms with Crippen molar-refractivity contribution in [3.05, 3.63) is 51.6 Å². The molecular formula is C22H22IN3O6. The Morgan fingerprint density at radius 1 is 1.09 bits per heavy atom. The van der Waals surface area contributed by atoms with Crippen molar-refractivity contribution < 1.29 is 28.6 Å². The highest BCUT2D eigenvalue weighted by atomic mass is 127. The molecular weight excluding hydrogens is 529 g/mol. The van der Waals surface area contributed by atoms with Crippen molar-refractivity contribution in [1.29, 1.82) is 0 Å². The molecule has 0 spiro atoms. The molecule has 0 radical (unpaired) electrons. The van der Waals surface area contributed by atoms with E-state index in [4.69, 9.17) is 14.2 Å². The van der Waals surface area contributed by atoms with E-state index in [0.29, 0.717) is 17.0 Å². The number of methoxy groups -OCH3 is 1. The number of halogens is 1. The van der Waals surface area contributed by atoms with Crippen LogP contribution < -0.4 is 14.4 Å². The normalized spacial score (nSPS) is 15.0. The van der Waals surface area contributed by atoms with Gasteiger partial charge in [-0.2, -0.15) is 5.01 Å². The summed E-state index contributed by atoms with van der Waals surface area (Å²) in [6, 6.07) is 12.2. The van der Waals surface area contributed by atoms with Gasteiger partial charge in [0.1, 0.15) is 0 Å². The number of hydrogen-bond donors (Lipinski definition) is 0. The molecule has 2 aromatic rings. The van der Waals surface area contributed by atoms with Crippen LogP contribution in [0.15, 0.2) is 47.6 Å². The number of esters is 1. The van der Waals surface area contributed by atoms with Crippen molar-refractivity contribution in [3.63, 3.8) is 0 Å². The average Bonchev–Trinajstić information content (AvgIpc) is 3.17. The molecule has 0 unspecified atom stereocenters. The standard InChI is InChI=1S/C22H22IN3O6/c1-13(27)25(18-8-6-17(23)7-9-18)12-21-26(14(2)28)24-22(32-21)16-5-10-19(31-15(3)29)20(11-16)30-4/h5-11,21H,12H2,1-4H3/t21-/m0/s1. The molecule has 10 heteroatoms. The van der Waals surface area contributed by atoms with Crippen molar-refractivity contribution in [3.8, 4) is 11.5 Å². The van der Waals surface area contributed by atoms with Crippen LogP contribution in [-0.2, 0) is 19.1 Å². The Morgan fingerprint density at radius 2 is 1.78 bits per heavy atom. The first-order valence-electron chi connectivity index (χ1n) is 9.65. The van der Waals surface area contributed by atoms with Crippen LogP contribution in [-0.4, -0.2) is 48.6 Å². The first kappa shape index (κ1) is 23.5. The molecule has 0 saturated carbocycles. The number of hydrogen-bond acceptors (Lipinski definition) is 7. The van der Waals surface area contributed by atoms with E-state index >= 15 is 0 Å². The number of ether oxygens (including phenoxy) is 3. The molecule has 1 aliphatic heterocycles. The molecule has 2 aromatic carbocycles. The van der Waals surface area contributed by atoms with Crippen molar-refractivity contribution >= 4 is 52.0 Å². The molecule has 0 fully saturated rings. The molecule has 0 N–H and O–H groups in total. The first-order valence-corrected chi connectivity index (χ1v) is 10.7. The number of anilines is 1. The van der Waals surface area contributed by atoms with Gasteiger partial charge in [-0.25, -0.2) is 0 Å². The molecule has 168 valence electrons. The summed E-state index contributed by atoms with van der Waals surface area (Å²) in [7, 11) is 1.44. The summed E-state index contributed by atoms with van der Waals surface area (Å²) in [6.07, 6.45) is -0.815. The van der Waals surface area contributed by atoms with Gasteiger partial charge in [0.25, 0.3) is 0 Å². The number of carbonyl (C=O) groups excluding carboxylic acids is 3. The van der Waals surface area contributed by atoms with E-state index in [1.807, 2.05) is 24.3 Å². The summed E-state index contributed by atoms with van der Waals surface area (Å²) in [5.74, 6) is -0.258. The predicted octanol–water partition coefficient (Wildman–Crippen LogP) is 3.14. The monoisotopic (exact) mass is 551 g/mol. The van der Waals surface area contributed by atoms with Gasteiger partial charge in [0, 0.05) is 35.6 Å². The van der Waals surface area contributed by atoms with Gasteiger partial charge in [0.05, 0.1) is 13.7 Å². The molecule has 3 rings (SSSR count). The fraction of sp³-hybridized carbons (Fsp3) is 0.273. The van der Waals surface area contributed by atoms with Crippen molar-refractivity contribution in [2.45, 2.75) is 27.0 Å². The Labute approximate surface area is 199 Å². The van der Waals surface area contributed by atoms with Crippen LogP contribution >= 0.6 is 22.6 Å². The lowest BCUT2D eigenvalue weighted by Crippen LogP contribution is -2.44. The molecule has 1 aliphatic rings. The number of benzene rings is 2. The second-order valence-electron chi connectivity index (χ2n) is 6.91. The Hall–Kier alpha value is -3.15. The molecule has 2 amide bonds. The minimum Gasteiger partial charge on any atom is -0.493 e. The third kappa shape index (κ3) is 5.36. The average molecular weight is 551 g/mol. The highest BCUT2D eigenvalue weighted by Gasteiger charge is 2.34. The van der Waals surface area contributed by atoms with Gasteiger partial charge in [-0.1, -0.05) is 0 Å². The van der Waals surface area contributed by atoms with E-state index in [1.54, 1.807) is 18.2 Å². The molecule has 9 nitrogen and oxygen atoms in total. The van der Waals surface area contributed by atoms with E-state index in [9.17, 15) is 14.4 Å². The Morgan fingerprint density at radius 3 is 2.34 bits per heavy atom. The first-order chi connectivity index (χ1) is 15.2. The van der Waals surface area contributed by atoms with Crippen LogP contribution in [0.3, 0.4) is 0 Å². The van der Waals surface area contributed by atoms with E-state index < -0.39 is 12.2 Å². The highest BCUT2D eigenvalue weighted by Crippen LogP contribution is 2.30. The second-order valence-corrected chi connectivity index (χ2v) is 8.15. The van der Waals surface area contributed by atoms with Gasteiger partial charge >= 0.3 is 5.97 Å². The third-order valence-electron chi connectivity index (χ3n) is 4.56. The minimum atomic E-state index is -0.815. The van der Waals surface area contributed by atoms with Gasteiger partial charge in [0.15, 0.2) is 11.5 Å². The van der Waals surface area contributed by atoms with E-state index in [0.717, 1.165) is 3.57 Å². The van der Waals surface area contributed by atoms with Crippen molar-refractivity contribution in [1.82, 2.24) is 5.01 Å². The summed E-state index contributed by atoms with van der Waals surface area (Å²) in [4.78, 5) is 37.3. The van der Waals surface area contributed by atoms with Gasteiger partial charge in [-0.3, -0.25) is 14.4 Å². The maximum atomic E-state index is 12.3. The predicted molar refractivity (Wildman–Crippen MR) is 125 cm³/mol. The van der Waals surface area contributed by atoms with Crippen molar-refractivity contribution in [2.75, 3.05) is 18.6 Å². The fourth-order valence-electron chi connectivity index (χ4n) is 3.11. The Kier molecular flexibility index (Phi) is 7.33. The van der Waals surface area contributed by atoms with Gasteiger partial charge in [0.2, 0.25) is 23.9 Å². The van der Waals surface area contributed by atoms with Gasteiger partial charge in [-0.05, 0) is 65.1 Å². The third-order valence-corrected chi connectivity index (χ3v) is 5.28. The van der Waals surface area contributed by atoms with E-state index in [-0.39, 0.29) is 30.0 Å². The maximum absolute atomic E-state index is 12.3. The number of rotatable bonds is 6. The zero-order valence-corrected chi connectivity index (χ0v) is 20.2. The van der Waals surface area contributed by atoms with Crippen LogP contribution in [0.1, 0.15) is 26.3 Å². The second kappa shape index (κ2) is 9.98. The lowest BCUT2D eigenvalue weighted by molar-refractivity contribution is -0.135. The Balaban J connectivity index is 1.86. The quantitative estimate of drug-likeness (QED) is 0.311. The molecule has 0 bridgehead atoms. The summed E-state index contributed by atoms with van der Waals surface area (Å²) in [5.41, 5.74) is 1.21. The lowest BCUT2D eigenvalue weighted by atomic mass is 10.2. The zero-order valence-electron chi connectivity index (χ0n) is 18.0. The van der Waals surface area contributed by atoms with Crippen LogP contribution in [0.5, 0.6) is 11.5 Å². The number of amides is 2. The van der Waals surface area contributed by atoms with Gasteiger partial charge < -0.3 is 19.1 Å². The minimum absolute atomic E-state index is 0.0885. The number of hydrazone groups is 1. The smallest absolute Gasteiger partial charge is 0.308 e. The molecule has 1 heterocycles. The maximum Gasteiger partial charge on any atom is 0.308 e. The highest BCUT2D eigenvalue weighted by molar-refractivity contribution is 14.1. The topological polar surface area (TPSA) is 97.7 Å². The summed E-state index contributed by atoms with van der Waals surface area (Å²) >= 11 is 2.19. The number of nitrogens with zero attached hydrogens (tertiary/aromatic N) is 3. The SMILES string of the molecule is COc1cc(C2=NN(C(C)=O)[C@H](CN(C(C)=O)c3ccc(I)cc3)O2)ccc1OC(C)=O. The fourth-order valence-corrected chi connectivity index (χ4v) is 3.47. The van der Waals surface area contributed by atoms with Crippen LogP contribution in [0, 0.1) is 3.57 Å². The largest absolute Gasteiger partial charge is 0.493 e. The van der Waals surface area contributed by atoms with Crippen LogP contribution in [0.2, 0.25) is 0 Å². The molecule has 0 aromatic heterocycles. The van der Waals surface area contributed by atoms with Crippen LogP contribution in [0.25, 0.3) is 0 Å². The molecule has 0 aliphatic carbocycles. The Bertz CT molecular complexity index is 1070. The molecule has 0 saturated heterocycles. The van der Waals surface area contributed by atoms with E-state index in [1.165, 1.54) is 37.8 Å². The number of carbonyl (C=O) groups is 3. The van der Waals surface area contributed by atoms with E-state index in [2.05, 4.69) is 27.7 Å². The van der Waals surface area contributed by atoms with Gasteiger partial charge in [-0.15, -0.1) is 5.10 Å². The summed E-state index contributed by atoms with van der Waals surface area (Å²) < 4.78 is 17.4. The molecule has 1 atom stereocenters. The summed E-state index contributed by atoms with van der Waals surface area (Å²) in [6.45, 7) is 4.20. The zero-order chi connectivity index (χ0) is 23.4. The molecule has 32 heavy (non-hydrogen) atoms. The summed E-state index contributed by atoms with van der Waals surface area (Å²) in [5, 5.41) is 5.50.